The van der Waals surface area contributed by atoms with E-state index in [1.165, 1.54) is 19.3 Å². The van der Waals surface area contributed by atoms with E-state index < -0.39 is 8.41 Å². The molecule has 3 rings (SSSR count). The minimum Gasteiger partial charge on any atom is -0.358 e. The first kappa shape index (κ1) is 25.0. The van der Waals surface area contributed by atoms with Crippen molar-refractivity contribution < 1.29 is 25.8 Å². The van der Waals surface area contributed by atoms with Crippen molar-refractivity contribution >= 4 is 13.6 Å². The Hall–Kier alpha value is 0.0470. The van der Waals surface area contributed by atoms with Crippen LogP contribution in [0.3, 0.4) is 0 Å². The molecule has 0 aromatic heterocycles. The molecule has 0 saturated heterocycles. The van der Waals surface area contributed by atoms with Gasteiger partial charge in [-0.05, 0) is 32.6 Å². The fourth-order valence-corrected chi connectivity index (χ4v) is 7.44. The van der Waals surface area contributed by atoms with Crippen LogP contribution in [-0.2, 0) is 25.8 Å². The first-order chi connectivity index (χ1) is 10.4. The van der Waals surface area contributed by atoms with E-state index in [1.54, 1.807) is 22.6 Å². The third-order valence-corrected chi connectivity index (χ3v) is 8.03. The summed E-state index contributed by atoms with van der Waals surface area (Å²) in [7, 11) is -0.430. The molecular formula is C23H37HfSi-3. The van der Waals surface area contributed by atoms with Gasteiger partial charge in [0.1, 0.15) is 0 Å². The van der Waals surface area contributed by atoms with E-state index in [2.05, 4.69) is 59.0 Å². The van der Waals surface area contributed by atoms with Crippen molar-refractivity contribution in [3.05, 3.63) is 55.7 Å². The van der Waals surface area contributed by atoms with Gasteiger partial charge < -0.3 is 14.9 Å². The molecule has 0 N–H and O–H groups in total. The summed E-state index contributed by atoms with van der Waals surface area (Å²) < 4.78 is 0. The third-order valence-electron chi connectivity index (χ3n) is 6.13. The fourth-order valence-electron chi connectivity index (χ4n) is 5.14. The Kier molecular flexibility index (Phi) is 9.32. The number of hydrogen-bond acceptors (Lipinski definition) is 0. The van der Waals surface area contributed by atoms with Crippen molar-refractivity contribution in [1.29, 1.82) is 0 Å². The van der Waals surface area contributed by atoms with E-state index in [9.17, 15) is 0 Å². The van der Waals surface area contributed by atoms with Crippen molar-refractivity contribution in [3.8, 4) is 0 Å². The molecule has 0 spiro atoms. The molecule has 2 heteroatoms. The molecule has 0 saturated carbocycles. The zero-order chi connectivity index (χ0) is 16.1. The second-order valence-electron chi connectivity index (χ2n) is 8.25. The standard InChI is InChI=1S/C21H31Si.2CH3.Hf/c1-14-10-9-13-17-18(15(14)2)20(22(5)6)21(3,4)19(17)16-11-7-8-12-16;;;/h7-8,11,14-15H,9-10,12-13H2,1-6H3;2*1H3;/q3*-1;. The molecule has 3 aliphatic rings. The Morgan fingerprint density at radius 1 is 1.16 bits per heavy atom. The van der Waals surface area contributed by atoms with Crippen LogP contribution in [0.25, 0.3) is 0 Å². The first-order valence-corrected chi connectivity index (χ1v) is 11.5. The van der Waals surface area contributed by atoms with Crippen LogP contribution in [0.5, 0.6) is 0 Å². The minimum absolute atomic E-state index is 0. The van der Waals surface area contributed by atoms with Crippen LogP contribution in [0.4, 0.5) is 0 Å². The summed E-state index contributed by atoms with van der Waals surface area (Å²) in [6, 6.07) is 0. The van der Waals surface area contributed by atoms with Crippen LogP contribution in [0.15, 0.2) is 34.9 Å². The van der Waals surface area contributed by atoms with Crippen molar-refractivity contribution in [1.82, 2.24) is 0 Å². The zero-order valence-electron chi connectivity index (χ0n) is 17.7. The normalized spacial score (nSPS) is 26.9. The largest absolute Gasteiger partial charge is 0.358 e. The molecular weight excluding hydrogens is 483 g/mol. The summed E-state index contributed by atoms with van der Waals surface area (Å²) in [6.45, 7) is 15.0. The van der Waals surface area contributed by atoms with Gasteiger partial charge in [-0.3, -0.25) is 0 Å². The molecule has 0 bridgehead atoms. The molecule has 0 aromatic rings. The van der Waals surface area contributed by atoms with Gasteiger partial charge in [0.05, 0.1) is 0 Å². The summed E-state index contributed by atoms with van der Waals surface area (Å²) in [5.41, 5.74) is 5.39. The van der Waals surface area contributed by atoms with Gasteiger partial charge >= 0.3 is 0 Å². The predicted octanol–water partition coefficient (Wildman–Crippen LogP) is 6.65. The average Bonchev–Trinajstić information content (AvgIpc) is 2.98. The number of hydrogen-bond donors (Lipinski definition) is 0. The average molecular weight is 520 g/mol. The predicted molar refractivity (Wildman–Crippen MR) is 113 cm³/mol. The Morgan fingerprint density at radius 2 is 1.80 bits per heavy atom. The zero-order valence-corrected chi connectivity index (χ0v) is 22.3. The van der Waals surface area contributed by atoms with E-state index in [4.69, 9.17) is 0 Å². The topological polar surface area (TPSA) is 0 Å². The monoisotopic (exact) mass is 521 g/mol. The quantitative estimate of drug-likeness (QED) is 0.269. The molecule has 0 amide bonds. The summed E-state index contributed by atoms with van der Waals surface area (Å²) in [5.74, 6) is 3.27. The smallest absolute Gasteiger partial charge is 0 e. The van der Waals surface area contributed by atoms with E-state index >= 15 is 0 Å². The van der Waals surface area contributed by atoms with Gasteiger partial charge in [-0.1, -0.05) is 65.6 Å². The van der Waals surface area contributed by atoms with Crippen molar-refractivity contribution in [2.24, 2.45) is 17.3 Å². The maximum Gasteiger partial charge on any atom is 0 e. The Bertz CT molecular complexity index is 600. The van der Waals surface area contributed by atoms with Gasteiger partial charge in [-0.25, -0.2) is 0 Å². The molecule has 0 radical (unpaired) electrons. The molecule has 140 valence electrons. The van der Waals surface area contributed by atoms with Gasteiger partial charge in [0.25, 0.3) is 0 Å². The SMILES string of the molecule is CC1CCCC2=C(C(=[Si](C)C)C(C)(C)[C-]2C2=CC=CC2)C1C.[CH3-].[CH3-].[Hf]. The van der Waals surface area contributed by atoms with E-state index in [-0.39, 0.29) is 46.1 Å². The number of rotatable bonds is 1. The molecule has 0 nitrogen and oxygen atoms in total. The van der Waals surface area contributed by atoms with Gasteiger partial charge in [0.2, 0.25) is 0 Å². The summed E-state index contributed by atoms with van der Waals surface area (Å²) in [6.07, 6.45) is 12.2. The van der Waals surface area contributed by atoms with Gasteiger partial charge in [-0.15, -0.1) is 33.9 Å². The Labute approximate surface area is 178 Å². The van der Waals surface area contributed by atoms with Crippen LogP contribution < -0.4 is 0 Å². The van der Waals surface area contributed by atoms with Gasteiger partial charge in [0, 0.05) is 25.8 Å². The first-order valence-electron chi connectivity index (χ1n) is 9.01. The van der Waals surface area contributed by atoms with E-state index in [0.29, 0.717) is 0 Å². The van der Waals surface area contributed by atoms with Crippen LogP contribution in [-0.4, -0.2) is 13.6 Å². The van der Waals surface area contributed by atoms with Crippen molar-refractivity contribution in [2.75, 3.05) is 0 Å². The van der Waals surface area contributed by atoms with Crippen molar-refractivity contribution in [3.63, 3.8) is 0 Å². The Balaban J connectivity index is 0.00000192. The number of allylic oxidation sites excluding steroid dienone is 6. The van der Waals surface area contributed by atoms with Gasteiger partial charge in [-0.2, -0.15) is 6.08 Å². The molecule has 0 fully saturated rings. The minimum atomic E-state index is -0.430. The van der Waals surface area contributed by atoms with Gasteiger partial charge in [0.15, 0.2) is 0 Å². The molecule has 3 aliphatic carbocycles. The van der Waals surface area contributed by atoms with Crippen LogP contribution >= 0.6 is 0 Å². The van der Waals surface area contributed by atoms with Crippen molar-refractivity contribution in [2.45, 2.75) is 66.5 Å². The molecule has 25 heavy (non-hydrogen) atoms. The van der Waals surface area contributed by atoms with E-state index in [1.807, 2.05) is 5.17 Å². The molecule has 2 unspecified atom stereocenters. The summed E-state index contributed by atoms with van der Waals surface area (Å²) in [5, 5.41) is 1.83. The molecule has 0 heterocycles. The fraction of sp³-hybridized carbons (Fsp3) is 0.565. The van der Waals surface area contributed by atoms with Crippen LogP contribution in [0, 0.1) is 38.0 Å². The van der Waals surface area contributed by atoms with Crippen LogP contribution in [0.2, 0.25) is 13.1 Å². The molecule has 2 atom stereocenters. The van der Waals surface area contributed by atoms with E-state index in [0.717, 1.165) is 18.3 Å². The summed E-state index contributed by atoms with van der Waals surface area (Å²) in [4.78, 5) is 0. The summed E-state index contributed by atoms with van der Waals surface area (Å²) >= 11 is 0. The third kappa shape index (κ3) is 4.15. The second kappa shape index (κ2) is 9.31. The maximum atomic E-state index is 2.50. The molecule has 0 aromatic carbocycles. The van der Waals surface area contributed by atoms with Crippen LogP contribution in [0.1, 0.15) is 53.4 Å². The maximum absolute atomic E-state index is 2.50. The molecule has 0 aliphatic heterocycles. The Morgan fingerprint density at radius 3 is 2.32 bits per heavy atom. The second-order valence-corrected chi connectivity index (χ2v) is 10.7.